The molecule has 0 saturated carbocycles. The molecule has 3 N–H and O–H groups in total. The Hall–Kier alpha value is -1.81. The number of rotatable bonds is 1. The molecule has 2 heterocycles. The van der Waals surface area contributed by atoms with E-state index in [9.17, 15) is 5.11 Å². The van der Waals surface area contributed by atoms with Gasteiger partial charge in [-0.1, -0.05) is 12.1 Å². The first-order valence-corrected chi connectivity index (χ1v) is 5.85. The van der Waals surface area contributed by atoms with Crippen molar-refractivity contribution in [3.8, 4) is 11.3 Å². The van der Waals surface area contributed by atoms with Crippen LogP contribution in [0.2, 0.25) is 0 Å². The Bertz CT molecular complexity index is 530. The van der Waals surface area contributed by atoms with Gasteiger partial charge in [-0.3, -0.25) is 0 Å². The third-order valence-electron chi connectivity index (χ3n) is 3.19. The molecule has 2 aromatic rings. The van der Waals surface area contributed by atoms with Crippen LogP contribution in [-0.2, 0) is 6.54 Å². The molecule has 1 unspecified atom stereocenters. The second-order valence-corrected chi connectivity index (χ2v) is 4.46. The van der Waals surface area contributed by atoms with Gasteiger partial charge in [0.05, 0.1) is 5.69 Å². The van der Waals surface area contributed by atoms with Crippen molar-refractivity contribution in [3.05, 3.63) is 36.3 Å². The van der Waals surface area contributed by atoms with E-state index in [2.05, 4.69) is 4.98 Å². The third-order valence-corrected chi connectivity index (χ3v) is 3.19. The van der Waals surface area contributed by atoms with Crippen LogP contribution in [0.25, 0.3) is 11.3 Å². The predicted molar refractivity (Wildman–Crippen MR) is 66.3 cm³/mol. The summed E-state index contributed by atoms with van der Waals surface area (Å²) in [6.45, 7) is 0.939. The summed E-state index contributed by atoms with van der Waals surface area (Å²) in [5.74, 6) is 0.781. The average molecular weight is 229 g/mol. The predicted octanol–water partition coefficient (Wildman–Crippen LogP) is 1.96. The molecule has 0 fully saturated rings. The molecular formula is C13H15N3O. The van der Waals surface area contributed by atoms with Crippen molar-refractivity contribution in [2.75, 3.05) is 5.73 Å². The lowest BCUT2D eigenvalue weighted by Crippen LogP contribution is -2.14. The van der Waals surface area contributed by atoms with E-state index < -0.39 is 6.10 Å². The van der Waals surface area contributed by atoms with Crippen molar-refractivity contribution in [3.63, 3.8) is 0 Å². The van der Waals surface area contributed by atoms with Gasteiger partial charge in [-0.25, -0.2) is 4.98 Å². The monoisotopic (exact) mass is 229 g/mol. The fourth-order valence-corrected chi connectivity index (χ4v) is 2.25. The topological polar surface area (TPSA) is 64.1 Å². The minimum Gasteiger partial charge on any atom is -0.399 e. The lowest BCUT2D eigenvalue weighted by molar-refractivity contribution is 0.134. The van der Waals surface area contributed by atoms with Gasteiger partial charge in [-0.15, -0.1) is 0 Å². The van der Waals surface area contributed by atoms with Crippen molar-refractivity contribution in [1.29, 1.82) is 0 Å². The summed E-state index contributed by atoms with van der Waals surface area (Å²) in [6, 6.07) is 7.64. The maximum Gasteiger partial charge on any atom is 0.138 e. The van der Waals surface area contributed by atoms with Crippen molar-refractivity contribution < 1.29 is 5.11 Å². The molecule has 1 atom stereocenters. The molecule has 1 aliphatic rings. The van der Waals surface area contributed by atoms with Crippen LogP contribution in [0, 0.1) is 0 Å². The summed E-state index contributed by atoms with van der Waals surface area (Å²) in [7, 11) is 0. The molecule has 88 valence electrons. The number of anilines is 1. The molecule has 0 radical (unpaired) electrons. The van der Waals surface area contributed by atoms with E-state index in [0.29, 0.717) is 0 Å². The van der Waals surface area contributed by atoms with Gasteiger partial charge in [0.15, 0.2) is 0 Å². The molecule has 0 amide bonds. The number of aliphatic hydroxyl groups excluding tert-OH is 1. The molecule has 1 aromatic carbocycles. The van der Waals surface area contributed by atoms with E-state index in [-0.39, 0.29) is 0 Å². The van der Waals surface area contributed by atoms with Crippen molar-refractivity contribution in [2.45, 2.75) is 25.5 Å². The van der Waals surface area contributed by atoms with Crippen molar-refractivity contribution in [1.82, 2.24) is 9.55 Å². The van der Waals surface area contributed by atoms with Crippen LogP contribution in [0.1, 0.15) is 24.8 Å². The maximum absolute atomic E-state index is 9.86. The number of nitrogens with two attached hydrogens (primary N) is 1. The number of hydrogen-bond donors (Lipinski definition) is 2. The molecule has 1 aliphatic heterocycles. The molecule has 1 aromatic heterocycles. The Labute approximate surface area is 99.7 Å². The first kappa shape index (κ1) is 10.4. The number of fused-ring (bicyclic) bond motifs is 1. The van der Waals surface area contributed by atoms with Crippen LogP contribution in [-0.4, -0.2) is 14.7 Å². The number of aliphatic hydroxyl groups is 1. The molecule has 4 nitrogen and oxygen atoms in total. The van der Waals surface area contributed by atoms with Crippen molar-refractivity contribution >= 4 is 5.69 Å². The van der Waals surface area contributed by atoms with Gasteiger partial charge in [0.25, 0.3) is 0 Å². The fourth-order valence-electron chi connectivity index (χ4n) is 2.25. The van der Waals surface area contributed by atoms with E-state index in [1.807, 2.05) is 35.0 Å². The van der Waals surface area contributed by atoms with Gasteiger partial charge in [0.2, 0.25) is 0 Å². The summed E-state index contributed by atoms with van der Waals surface area (Å²) in [4.78, 5) is 4.50. The number of imidazole rings is 1. The third kappa shape index (κ3) is 1.80. The normalized spacial score (nSPS) is 19.0. The zero-order valence-corrected chi connectivity index (χ0v) is 9.50. The number of aryl methyl sites for hydroxylation is 1. The van der Waals surface area contributed by atoms with Crippen LogP contribution < -0.4 is 5.73 Å². The van der Waals surface area contributed by atoms with Gasteiger partial charge >= 0.3 is 0 Å². The molecule has 4 heteroatoms. The Morgan fingerprint density at radius 3 is 2.76 bits per heavy atom. The molecular weight excluding hydrogens is 214 g/mol. The highest BCUT2D eigenvalue weighted by molar-refractivity contribution is 5.61. The van der Waals surface area contributed by atoms with Crippen LogP contribution in [0.15, 0.2) is 30.5 Å². The average Bonchev–Trinajstić information content (AvgIpc) is 2.75. The first-order chi connectivity index (χ1) is 8.24. The SMILES string of the molecule is Nc1ccc(-c2cn3c(n2)C(O)CCC3)cc1. The molecule has 3 rings (SSSR count). The Morgan fingerprint density at radius 1 is 1.29 bits per heavy atom. The summed E-state index contributed by atoms with van der Waals surface area (Å²) >= 11 is 0. The van der Waals surface area contributed by atoms with E-state index in [4.69, 9.17) is 5.73 Å². The van der Waals surface area contributed by atoms with E-state index in [1.54, 1.807) is 0 Å². The maximum atomic E-state index is 9.86. The zero-order chi connectivity index (χ0) is 11.8. The number of benzene rings is 1. The van der Waals surface area contributed by atoms with Gasteiger partial charge in [0, 0.05) is 24.0 Å². The van der Waals surface area contributed by atoms with Gasteiger partial charge < -0.3 is 15.4 Å². The second kappa shape index (κ2) is 3.89. The standard InChI is InChI=1S/C13H15N3O/c14-10-5-3-9(4-6-10)11-8-16-7-1-2-12(17)13(16)15-11/h3-6,8,12,17H,1-2,7,14H2. The Morgan fingerprint density at radius 2 is 2.06 bits per heavy atom. The summed E-state index contributed by atoms with van der Waals surface area (Å²) < 4.78 is 2.04. The smallest absolute Gasteiger partial charge is 0.138 e. The quantitative estimate of drug-likeness (QED) is 0.735. The Balaban J connectivity index is 2.02. The number of hydrogen-bond acceptors (Lipinski definition) is 3. The van der Waals surface area contributed by atoms with E-state index >= 15 is 0 Å². The first-order valence-electron chi connectivity index (χ1n) is 5.85. The van der Waals surface area contributed by atoms with Crippen molar-refractivity contribution in [2.24, 2.45) is 0 Å². The van der Waals surface area contributed by atoms with Gasteiger partial charge in [-0.05, 0) is 25.0 Å². The minimum absolute atomic E-state index is 0.425. The lowest BCUT2D eigenvalue weighted by atomic mass is 10.1. The van der Waals surface area contributed by atoms with Gasteiger partial charge in [0.1, 0.15) is 11.9 Å². The number of nitrogens with zero attached hydrogens (tertiary/aromatic N) is 2. The fraction of sp³-hybridized carbons (Fsp3) is 0.308. The van der Waals surface area contributed by atoms with E-state index in [0.717, 1.165) is 42.2 Å². The lowest BCUT2D eigenvalue weighted by Gasteiger charge is -2.18. The summed E-state index contributed by atoms with van der Waals surface area (Å²) in [5, 5.41) is 9.86. The highest BCUT2D eigenvalue weighted by atomic mass is 16.3. The second-order valence-electron chi connectivity index (χ2n) is 4.46. The molecule has 17 heavy (non-hydrogen) atoms. The summed E-state index contributed by atoms with van der Waals surface area (Å²) in [5.41, 5.74) is 8.35. The highest BCUT2D eigenvalue weighted by Crippen LogP contribution is 2.28. The van der Waals surface area contributed by atoms with Gasteiger partial charge in [-0.2, -0.15) is 0 Å². The van der Waals surface area contributed by atoms with E-state index in [1.165, 1.54) is 0 Å². The van der Waals surface area contributed by atoms with Crippen LogP contribution >= 0.6 is 0 Å². The molecule has 0 bridgehead atoms. The minimum atomic E-state index is -0.425. The zero-order valence-electron chi connectivity index (χ0n) is 9.50. The summed E-state index contributed by atoms with van der Waals surface area (Å²) in [6.07, 6.45) is 3.39. The van der Waals surface area contributed by atoms with Crippen LogP contribution in [0.5, 0.6) is 0 Å². The number of nitrogen functional groups attached to an aromatic ring is 1. The molecule has 0 aliphatic carbocycles. The molecule has 0 spiro atoms. The van der Waals surface area contributed by atoms with Crippen LogP contribution in [0.4, 0.5) is 5.69 Å². The Kier molecular flexibility index (Phi) is 2.37. The highest BCUT2D eigenvalue weighted by Gasteiger charge is 2.20. The number of aromatic nitrogens is 2. The van der Waals surface area contributed by atoms with Crippen LogP contribution in [0.3, 0.4) is 0 Å². The molecule has 0 saturated heterocycles. The largest absolute Gasteiger partial charge is 0.399 e.